The number of aromatic nitrogens is 1. The van der Waals surface area contributed by atoms with E-state index in [1.165, 1.54) is 21.3 Å². The molecule has 0 spiro atoms. The number of rotatable bonds is 3. The van der Waals surface area contributed by atoms with Gasteiger partial charge in [0.2, 0.25) is 0 Å². The molecule has 0 N–H and O–H groups in total. The predicted molar refractivity (Wildman–Crippen MR) is 132 cm³/mol. The molecule has 1 radical (unpaired) electrons. The summed E-state index contributed by atoms with van der Waals surface area (Å²) in [6, 6.07) is 36.7. The number of para-hydroxylation sites is 2. The molecule has 1 heterocycles. The summed E-state index contributed by atoms with van der Waals surface area (Å²) in [5, 5.41) is 6.40. The van der Waals surface area contributed by atoms with Gasteiger partial charge in [0, 0.05) is 5.39 Å². The van der Waals surface area contributed by atoms with Crippen LogP contribution in [0, 0.1) is 6.92 Å². The number of pyridine rings is 1. The molecule has 0 aliphatic heterocycles. The van der Waals surface area contributed by atoms with Crippen molar-refractivity contribution in [2.75, 3.05) is 0 Å². The minimum atomic E-state index is -1.17. The van der Waals surface area contributed by atoms with Crippen LogP contribution in [0.15, 0.2) is 103 Å². The molecular weight excluding hydrogens is 488 g/mol. The number of nitrogens with zero attached hydrogens (tertiary/aromatic N) is 1. The van der Waals surface area contributed by atoms with Gasteiger partial charge in [0.15, 0.2) is 0 Å². The standard InChI is InChI=1S/C26H19NP.CHO.Rh.H/c1-19-10-8-11-20-18-21-12-9-17-24(26(21)27-25(19)20)28(22-13-4-2-5-14-22)23-15-6-3-7-16-23;1-2;;/h2-18H,1H2;1H;;/q2*-1;+2;/p+1. The third-order valence-electron chi connectivity index (χ3n) is 5.15. The average molecular weight is 510 g/mol. The fourth-order valence-corrected chi connectivity index (χ4v) is 6.54. The number of hydrogen-bond acceptors (Lipinski definition) is 2. The van der Waals surface area contributed by atoms with Crippen LogP contribution in [0.5, 0.6) is 0 Å². The monoisotopic (exact) mass is 510 g/mol. The Morgan fingerprint density at radius 2 is 1.16 bits per heavy atom. The first-order valence-electron chi connectivity index (χ1n) is 9.67. The first-order chi connectivity index (χ1) is 14.8. The molecule has 31 heavy (non-hydrogen) atoms. The molecule has 154 valence electrons. The zero-order valence-electron chi connectivity index (χ0n) is 16.8. The molecule has 4 heteroatoms. The second-order valence-corrected chi connectivity index (χ2v) is 9.40. The van der Waals surface area contributed by atoms with Crippen LogP contribution >= 0.6 is 7.92 Å². The summed E-state index contributed by atoms with van der Waals surface area (Å²) in [6.07, 6.45) is 0. The molecule has 0 saturated heterocycles. The Kier molecular flexibility index (Phi) is 7.69. The SMILES string of the molecule is [CH-]=O.[CH2-]c1cccc2cc3cccc([PH+](c4ccccc4)c4ccccc4)c3nc12.[RhH+2]. The Morgan fingerprint density at radius 1 is 0.645 bits per heavy atom. The van der Waals surface area contributed by atoms with Gasteiger partial charge in [-0.1, -0.05) is 66.0 Å². The first kappa shape index (κ1) is 22.8. The van der Waals surface area contributed by atoms with Gasteiger partial charge in [0.25, 0.3) is 0 Å². The summed E-state index contributed by atoms with van der Waals surface area (Å²) in [7, 11) is -1.17. The van der Waals surface area contributed by atoms with Gasteiger partial charge in [-0.25, -0.2) is 0 Å². The van der Waals surface area contributed by atoms with Crippen LogP contribution in [0.4, 0.5) is 0 Å². The number of fused-ring (bicyclic) bond motifs is 2. The topological polar surface area (TPSA) is 30.0 Å². The molecular formula is C27H22NOPRh+. The van der Waals surface area contributed by atoms with Gasteiger partial charge in [-0.15, -0.1) is 6.07 Å². The van der Waals surface area contributed by atoms with Crippen molar-refractivity contribution in [3.8, 4) is 0 Å². The van der Waals surface area contributed by atoms with E-state index in [4.69, 9.17) is 9.78 Å². The Balaban J connectivity index is 0.000000883. The van der Waals surface area contributed by atoms with Crippen molar-refractivity contribution in [3.05, 3.63) is 116 Å². The Hall–Kier alpha value is -2.86. The summed E-state index contributed by atoms with van der Waals surface area (Å²) in [5.41, 5.74) is 3.06. The molecule has 5 aromatic rings. The summed E-state index contributed by atoms with van der Waals surface area (Å²) in [6.45, 7) is 7.44. The molecule has 2 nitrogen and oxygen atoms in total. The van der Waals surface area contributed by atoms with Crippen LogP contribution in [-0.2, 0) is 24.3 Å². The van der Waals surface area contributed by atoms with Crippen LogP contribution in [0.2, 0.25) is 0 Å². The Labute approximate surface area is 196 Å². The van der Waals surface area contributed by atoms with Gasteiger partial charge in [0.05, 0.1) is 5.52 Å². The predicted octanol–water partition coefficient (Wildman–Crippen LogP) is 4.52. The fourth-order valence-electron chi connectivity index (χ4n) is 3.84. The molecule has 0 bridgehead atoms. The molecule has 1 aromatic heterocycles. The quantitative estimate of drug-likeness (QED) is 0.118. The van der Waals surface area contributed by atoms with Crippen molar-refractivity contribution in [1.29, 1.82) is 0 Å². The molecule has 0 amide bonds. The van der Waals surface area contributed by atoms with Gasteiger partial charge in [0.1, 0.15) is 23.8 Å². The van der Waals surface area contributed by atoms with Crippen molar-refractivity contribution in [2.24, 2.45) is 0 Å². The molecule has 0 atom stereocenters. The number of benzene rings is 4. The third-order valence-corrected chi connectivity index (χ3v) is 7.91. The third kappa shape index (κ3) is 4.59. The molecule has 0 aliphatic carbocycles. The van der Waals surface area contributed by atoms with Crippen LogP contribution in [0.25, 0.3) is 21.8 Å². The molecule has 0 aliphatic rings. The van der Waals surface area contributed by atoms with Crippen LogP contribution in [0.3, 0.4) is 0 Å². The molecule has 0 fully saturated rings. The summed E-state index contributed by atoms with van der Waals surface area (Å²) < 4.78 is 0. The van der Waals surface area contributed by atoms with E-state index in [9.17, 15) is 0 Å². The van der Waals surface area contributed by atoms with E-state index in [0.717, 1.165) is 22.0 Å². The van der Waals surface area contributed by atoms with Crippen molar-refractivity contribution >= 4 is 52.4 Å². The van der Waals surface area contributed by atoms with E-state index in [0.29, 0.717) is 0 Å². The second kappa shape index (κ2) is 10.4. The van der Waals surface area contributed by atoms with Crippen LogP contribution in [0.1, 0.15) is 5.56 Å². The molecule has 0 unspecified atom stereocenters. The van der Waals surface area contributed by atoms with E-state index in [1.54, 1.807) is 0 Å². The van der Waals surface area contributed by atoms with E-state index in [1.807, 2.05) is 12.1 Å². The Morgan fingerprint density at radius 3 is 1.74 bits per heavy atom. The van der Waals surface area contributed by atoms with Crippen molar-refractivity contribution < 1.29 is 24.3 Å². The normalized spacial score (nSPS) is 10.4. The van der Waals surface area contributed by atoms with Crippen LogP contribution < -0.4 is 15.9 Å². The van der Waals surface area contributed by atoms with E-state index in [2.05, 4.69) is 105 Å². The van der Waals surface area contributed by atoms with Gasteiger partial charge >= 0.3 is 19.5 Å². The number of hydrogen-bond donors (Lipinski definition) is 0. The van der Waals surface area contributed by atoms with Crippen LogP contribution in [-0.4, -0.2) is 11.8 Å². The van der Waals surface area contributed by atoms with Gasteiger partial charge in [-0.05, 0) is 35.8 Å². The van der Waals surface area contributed by atoms with Crippen molar-refractivity contribution in [1.82, 2.24) is 4.98 Å². The number of carbonyl (C=O) groups excluding carboxylic acids is 1. The summed E-state index contributed by atoms with van der Waals surface area (Å²) in [5.74, 6) is 0. The maximum atomic E-state index is 7.75. The van der Waals surface area contributed by atoms with E-state index in [-0.39, 0.29) is 19.5 Å². The van der Waals surface area contributed by atoms with Gasteiger partial charge in [-0.2, -0.15) is 18.6 Å². The fraction of sp³-hybridized carbons (Fsp3) is 0. The zero-order valence-corrected chi connectivity index (χ0v) is 19.5. The Bertz CT molecular complexity index is 1250. The van der Waals surface area contributed by atoms with Crippen molar-refractivity contribution in [3.63, 3.8) is 0 Å². The van der Waals surface area contributed by atoms with Crippen molar-refractivity contribution in [2.45, 2.75) is 0 Å². The summed E-state index contributed by atoms with van der Waals surface area (Å²) >= 11 is 0. The molecule has 4 aromatic carbocycles. The second-order valence-electron chi connectivity index (χ2n) is 6.96. The maximum absolute atomic E-state index is 7.75. The zero-order chi connectivity index (χ0) is 20.9. The summed E-state index contributed by atoms with van der Waals surface area (Å²) in [4.78, 5) is 12.9. The average Bonchev–Trinajstić information content (AvgIpc) is 2.81. The molecule has 0 saturated carbocycles. The minimum absolute atomic E-state index is 0. The first-order valence-corrected chi connectivity index (χ1v) is 11.2. The van der Waals surface area contributed by atoms with E-state index >= 15 is 0 Å². The van der Waals surface area contributed by atoms with E-state index < -0.39 is 7.92 Å². The van der Waals surface area contributed by atoms with Gasteiger partial charge < -0.3 is 9.78 Å². The molecule has 5 rings (SSSR count). The van der Waals surface area contributed by atoms with Gasteiger partial charge in [-0.3, -0.25) is 6.79 Å².